The SMILES string of the molecule is N#CCN(CC#N)CC(=O)Nc1ccc(N)cc1. The third kappa shape index (κ3) is 4.52. The third-order valence-corrected chi connectivity index (χ3v) is 2.15. The summed E-state index contributed by atoms with van der Waals surface area (Å²) in [6.45, 7) is 0.0942. The lowest BCUT2D eigenvalue weighted by Crippen LogP contribution is -2.33. The second kappa shape index (κ2) is 6.89. The summed E-state index contributed by atoms with van der Waals surface area (Å²) in [6, 6.07) is 10.5. The molecule has 0 aliphatic heterocycles. The Labute approximate surface area is 105 Å². The Morgan fingerprint density at radius 1 is 1.22 bits per heavy atom. The van der Waals surface area contributed by atoms with E-state index in [4.69, 9.17) is 16.3 Å². The lowest BCUT2D eigenvalue weighted by Gasteiger charge is -2.14. The van der Waals surface area contributed by atoms with E-state index in [1.165, 1.54) is 4.90 Å². The van der Waals surface area contributed by atoms with E-state index in [1.54, 1.807) is 24.3 Å². The van der Waals surface area contributed by atoms with Gasteiger partial charge in [-0.15, -0.1) is 0 Å². The van der Waals surface area contributed by atoms with E-state index in [9.17, 15) is 4.79 Å². The van der Waals surface area contributed by atoms with Crippen LogP contribution in [0, 0.1) is 22.7 Å². The number of amides is 1. The van der Waals surface area contributed by atoms with Crippen molar-refractivity contribution in [2.75, 3.05) is 30.7 Å². The van der Waals surface area contributed by atoms with Crippen molar-refractivity contribution in [1.29, 1.82) is 10.5 Å². The molecule has 0 spiro atoms. The van der Waals surface area contributed by atoms with Gasteiger partial charge in [0.15, 0.2) is 0 Å². The smallest absolute Gasteiger partial charge is 0.238 e. The van der Waals surface area contributed by atoms with Gasteiger partial charge in [-0.2, -0.15) is 10.5 Å². The lowest BCUT2D eigenvalue weighted by molar-refractivity contribution is -0.117. The molecule has 18 heavy (non-hydrogen) atoms. The summed E-state index contributed by atoms with van der Waals surface area (Å²) in [4.78, 5) is 13.1. The van der Waals surface area contributed by atoms with Crippen molar-refractivity contribution in [3.63, 3.8) is 0 Å². The minimum absolute atomic E-state index is 0.00545. The lowest BCUT2D eigenvalue weighted by atomic mass is 10.3. The molecule has 1 amide bonds. The van der Waals surface area contributed by atoms with Crippen LogP contribution in [0.2, 0.25) is 0 Å². The molecule has 0 radical (unpaired) electrons. The maximum absolute atomic E-state index is 11.7. The molecule has 0 bridgehead atoms. The van der Waals surface area contributed by atoms with Gasteiger partial charge in [-0.05, 0) is 24.3 Å². The van der Waals surface area contributed by atoms with Crippen LogP contribution in [-0.2, 0) is 4.79 Å². The number of benzene rings is 1. The van der Waals surface area contributed by atoms with Gasteiger partial charge in [0.1, 0.15) is 0 Å². The highest BCUT2D eigenvalue weighted by Crippen LogP contribution is 2.10. The van der Waals surface area contributed by atoms with Crippen molar-refractivity contribution in [2.24, 2.45) is 0 Å². The summed E-state index contributed by atoms with van der Waals surface area (Å²) in [5.41, 5.74) is 6.77. The molecule has 0 fully saturated rings. The minimum Gasteiger partial charge on any atom is -0.399 e. The summed E-state index contributed by atoms with van der Waals surface area (Å²) in [5.74, 6) is -0.273. The molecule has 3 N–H and O–H groups in total. The Bertz CT molecular complexity index is 467. The molecule has 6 nitrogen and oxygen atoms in total. The van der Waals surface area contributed by atoms with Gasteiger partial charge in [0.05, 0.1) is 31.8 Å². The molecular formula is C12H13N5O. The zero-order valence-corrected chi connectivity index (χ0v) is 9.76. The molecule has 0 saturated heterocycles. The van der Waals surface area contributed by atoms with Gasteiger partial charge in [-0.1, -0.05) is 0 Å². The quantitative estimate of drug-likeness (QED) is 0.580. The second-order valence-electron chi connectivity index (χ2n) is 3.63. The topological polar surface area (TPSA) is 106 Å². The number of carbonyl (C=O) groups is 1. The van der Waals surface area contributed by atoms with Gasteiger partial charge < -0.3 is 11.1 Å². The molecule has 0 atom stereocenters. The Morgan fingerprint density at radius 2 is 1.78 bits per heavy atom. The van der Waals surface area contributed by atoms with Crippen molar-refractivity contribution in [1.82, 2.24) is 4.90 Å². The van der Waals surface area contributed by atoms with Crippen LogP contribution < -0.4 is 11.1 Å². The average molecular weight is 243 g/mol. The molecule has 1 aromatic carbocycles. The second-order valence-corrected chi connectivity index (χ2v) is 3.63. The fraction of sp³-hybridized carbons (Fsp3) is 0.250. The molecule has 0 heterocycles. The first-order chi connectivity index (χ1) is 8.65. The van der Waals surface area contributed by atoms with E-state index in [2.05, 4.69) is 5.32 Å². The molecule has 0 aromatic heterocycles. The maximum atomic E-state index is 11.7. The van der Waals surface area contributed by atoms with E-state index in [0.29, 0.717) is 11.4 Å². The van der Waals surface area contributed by atoms with Crippen LogP contribution in [0.25, 0.3) is 0 Å². The van der Waals surface area contributed by atoms with Crippen molar-refractivity contribution < 1.29 is 4.79 Å². The predicted octanol–water partition coefficient (Wildman–Crippen LogP) is 0.556. The van der Waals surface area contributed by atoms with Crippen LogP contribution in [-0.4, -0.2) is 30.4 Å². The minimum atomic E-state index is -0.273. The van der Waals surface area contributed by atoms with Crippen LogP contribution in [0.1, 0.15) is 0 Å². The largest absolute Gasteiger partial charge is 0.399 e. The summed E-state index contributed by atoms with van der Waals surface area (Å²) >= 11 is 0. The molecule has 0 saturated carbocycles. The summed E-state index contributed by atoms with van der Waals surface area (Å²) in [5, 5.41) is 19.8. The monoisotopic (exact) mass is 243 g/mol. The van der Waals surface area contributed by atoms with Gasteiger partial charge in [0.25, 0.3) is 0 Å². The van der Waals surface area contributed by atoms with Gasteiger partial charge in [-0.3, -0.25) is 9.69 Å². The number of nitrogens with zero attached hydrogens (tertiary/aromatic N) is 3. The highest BCUT2D eigenvalue weighted by Gasteiger charge is 2.09. The Balaban J connectivity index is 2.52. The van der Waals surface area contributed by atoms with E-state index >= 15 is 0 Å². The average Bonchev–Trinajstić information content (AvgIpc) is 2.33. The van der Waals surface area contributed by atoms with Gasteiger partial charge >= 0.3 is 0 Å². The Kier molecular flexibility index (Phi) is 5.17. The molecule has 1 aromatic rings. The number of hydrogen-bond acceptors (Lipinski definition) is 5. The number of nitriles is 2. The van der Waals surface area contributed by atoms with Crippen LogP contribution >= 0.6 is 0 Å². The fourth-order valence-electron chi connectivity index (χ4n) is 1.34. The summed E-state index contributed by atoms with van der Waals surface area (Å²) < 4.78 is 0. The van der Waals surface area contributed by atoms with Gasteiger partial charge in [0.2, 0.25) is 5.91 Å². The van der Waals surface area contributed by atoms with Crippen LogP contribution in [0.15, 0.2) is 24.3 Å². The number of rotatable bonds is 5. The Morgan fingerprint density at radius 3 is 2.28 bits per heavy atom. The number of hydrogen-bond donors (Lipinski definition) is 2. The van der Waals surface area contributed by atoms with E-state index < -0.39 is 0 Å². The number of anilines is 2. The van der Waals surface area contributed by atoms with Crippen molar-refractivity contribution in [3.8, 4) is 12.1 Å². The van der Waals surface area contributed by atoms with Crippen LogP contribution in [0.4, 0.5) is 11.4 Å². The maximum Gasteiger partial charge on any atom is 0.238 e. The molecule has 0 aliphatic carbocycles. The first kappa shape index (κ1) is 13.5. The van der Waals surface area contributed by atoms with E-state index in [0.717, 1.165) is 0 Å². The van der Waals surface area contributed by atoms with Crippen LogP contribution in [0.5, 0.6) is 0 Å². The normalized spacial score (nSPS) is 9.50. The van der Waals surface area contributed by atoms with E-state index in [1.807, 2.05) is 12.1 Å². The molecule has 0 aliphatic rings. The number of nitrogens with one attached hydrogen (secondary N) is 1. The highest BCUT2D eigenvalue weighted by atomic mass is 16.2. The molecule has 0 unspecified atom stereocenters. The summed E-state index contributed by atoms with van der Waals surface area (Å²) in [7, 11) is 0. The van der Waals surface area contributed by atoms with Crippen LogP contribution in [0.3, 0.4) is 0 Å². The molecule has 92 valence electrons. The molecule has 1 rings (SSSR count). The molecule has 6 heteroatoms. The van der Waals surface area contributed by atoms with Gasteiger partial charge in [-0.25, -0.2) is 0 Å². The van der Waals surface area contributed by atoms with Gasteiger partial charge in [0, 0.05) is 11.4 Å². The van der Waals surface area contributed by atoms with Crippen molar-refractivity contribution in [3.05, 3.63) is 24.3 Å². The zero-order chi connectivity index (χ0) is 13.4. The van der Waals surface area contributed by atoms with Crippen molar-refractivity contribution >= 4 is 17.3 Å². The third-order valence-electron chi connectivity index (χ3n) is 2.15. The predicted molar refractivity (Wildman–Crippen MR) is 67.2 cm³/mol. The first-order valence-electron chi connectivity index (χ1n) is 5.27. The van der Waals surface area contributed by atoms with Crippen molar-refractivity contribution in [2.45, 2.75) is 0 Å². The standard InChI is InChI=1S/C12H13N5O/c13-5-7-17(8-6-14)9-12(18)16-11-3-1-10(15)2-4-11/h1-4H,7-9,15H2,(H,16,18). The first-order valence-corrected chi connectivity index (χ1v) is 5.27. The number of nitrogen functional groups attached to an aromatic ring is 1. The number of nitrogens with two attached hydrogens (primary N) is 1. The molecular weight excluding hydrogens is 230 g/mol. The Hall–Kier alpha value is -2.57. The number of carbonyl (C=O) groups excluding carboxylic acids is 1. The zero-order valence-electron chi connectivity index (χ0n) is 9.76. The fourth-order valence-corrected chi connectivity index (χ4v) is 1.34. The summed E-state index contributed by atoms with van der Waals surface area (Å²) in [6.07, 6.45) is 0. The van der Waals surface area contributed by atoms with E-state index in [-0.39, 0.29) is 25.5 Å². The highest BCUT2D eigenvalue weighted by molar-refractivity contribution is 5.92.